The van der Waals surface area contributed by atoms with Gasteiger partial charge in [-0.05, 0) is 0 Å². The van der Waals surface area contributed by atoms with Gasteiger partial charge in [0.2, 0.25) is 0 Å². The zero-order valence-electron chi connectivity index (χ0n) is 4.03. The van der Waals surface area contributed by atoms with E-state index >= 15 is 0 Å². The first-order chi connectivity index (χ1) is 3.72. The van der Waals surface area contributed by atoms with Crippen molar-refractivity contribution >= 4 is 11.9 Å². The van der Waals surface area contributed by atoms with Crippen LogP contribution in [-0.2, 0) is 45.2 Å². The maximum Gasteiger partial charge on any atom is 0.452 e. The van der Waals surface area contributed by atoms with Crippen molar-refractivity contribution < 1.29 is 55.7 Å². The fraction of sp³-hybridized carbons (Fsp3) is 0. The van der Waals surface area contributed by atoms with E-state index in [9.17, 15) is 9.59 Å². The summed E-state index contributed by atoms with van der Waals surface area (Å²) in [6, 6.07) is 0. The number of carbonyl (C=O) groups is 2. The van der Waals surface area contributed by atoms with Crippen LogP contribution in [0.2, 0.25) is 0 Å². The summed E-state index contributed by atoms with van der Waals surface area (Å²) in [5, 5.41) is 14.7. The Labute approximate surface area is 68.0 Å². The van der Waals surface area contributed by atoms with Crippen molar-refractivity contribution in [1.29, 1.82) is 0 Å². The van der Waals surface area contributed by atoms with Gasteiger partial charge in [-0.25, -0.2) is 9.59 Å². The van der Waals surface area contributed by atoms with Crippen LogP contribution in [0, 0.1) is 0 Å². The van der Waals surface area contributed by atoms with Gasteiger partial charge in [0.1, 0.15) is 0 Å². The molecule has 0 unspecified atom stereocenters. The molecule has 0 radical (unpaired) electrons. The van der Waals surface area contributed by atoms with E-state index in [0.717, 1.165) is 0 Å². The summed E-state index contributed by atoms with van der Waals surface area (Å²) in [5.74, 6) is -3.35. The largest absolute Gasteiger partial charge is 0.452 e. The van der Waals surface area contributed by atoms with Crippen LogP contribution in [0.3, 0.4) is 0 Å². The average Bonchev–Trinajstić information content (AvgIpc) is 1.84. The summed E-state index contributed by atoms with van der Waals surface area (Å²) in [6.45, 7) is 0. The number of hydrogen-bond donors (Lipinski definition) is 2. The third-order valence-corrected chi connectivity index (χ3v) is 0.332. The Bertz CT molecular complexity index is 95.6. The molecule has 0 spiro atoms. The second-order valence-electron chi connectivity index (χ2n) is 0.757. The van der Waals surface area contributed by atoms with Crippen molar-refractivity contribution in [3.8, 4) is 0 Å². The Morgan fingerprint density at radius 3 is 1.33 bits per heavy atom. The zero-order chi connectivity index (χ0) is 6.57. The fourth-order valence-corrected chi connectivity index (χ4v) is 0.0745. The predicted molar refractivity (Wildman–Crippen MR) is 17.4 cm³/mol. The molecule has 0 aromatic rings. The molecule has 9 heavy (non-hydrogen) atoms. The minimum atomic E-state index is -1.67. The molecule has 0 saturated carbocycles. The normalized spacial score (nSPS) is 6.89. The van der Waals surface area contributed by atoms with Crippen LogP contribution >= 0.6 is 0 Å². The third kappa shape index (κ3) is 4.25. The summed E-state index contributed by atoms with van der Waals surface area (Å²) in [4.78, 5) is 24.9. The van der Waals surface area contributed by atoms with Crippen molar-refractivity contribution in [2.75, 3.05) is 0 Å². The SMILES string of the molecule is O=C(OO)C(=O)OO.[Hf]. The van der Waals surface area contributed by atoms with E-state index in [4.69, 9.17) is 10.5 Å². The molecule has 6 nitrogen and oxygen atoms in total. The Kier molecular flexibility index (Phi) is 7.50. The van der Waals surface area contributed by atoms with Crippen LogP contribution in [0.25, 0.3) is 0 Å². The molecule has 0 amide bonds. The minimum Gasteiger partial charge on any atom is -0.288 e. The van der Waals surface area contributed by atoms with Crippen molar-refractivity contribution in [1.82, 2.24) is 0 Å². The quantitative estimate of drug-likeness (QED) is 0.258. The van der Waals surface area contributed by atoms with Crippen molar-refractivity contribution in [2.24, 2.45) is 0 Å². The van der Waals surface area contributed by atoms with Crippen molar-refractivity contribution in [3.05, 3.63) is 0 Å². The van der Waals surface area contributed by atoms with E-state index in [1.54, 1.807) is 0 Å². The summed E-state index contributed by atoms with van der Waals surface area (Å²) in [6.07, 6.45) is 0. The molecule has 50 valence electrons. The van der Waals surface area contributed by atoms with Crippen molar-refractivity contribution in [3.63, 3.8) is 0 Å². The van der Waals surface area contributed by atoms with Gasteiger partial charge < -0.3 is 0 Å². The summed E-state index contributed by atoms with van der Waals surface area (Å²) in [7, 11) is 0. The molecule has 7 heteroatoms. The van der Waals surface area contributed by atoms with Gasteiger partial charge >= 0.3 is 11.9 Å². The molecule has 0 bridgehead atoms. The maximum absolute atomic E-state index is 9.64. The molecule has 0 aliphatic rings. The molecule has 2 N–H and O–H groups in total. The molecule has 0 saturated heterocycles. The molecule has 0 fully saturated rings. The summed E-state index contributed by atoms with van der Waals surface area (Å²) in [5.41, 5.74) is 0. The van der Waals surface area contributed by atoms with Crippen molar-refractivity contribution in [2.45, 2.75) is 0 Å². The van der Waals surface area contributed by atoms with E-state index in [0.29, 0.717) is 0 Å². The second kappa shape index (κ2) is 5.86. The Hall–Kier alpha value is -0.270. The summed E-state index contributed by atoms with van der Waals surface area (Å²) >= 11 is 0. The topological polar surface area (TPSA) is 93.1 Å². The minimum absolute atomic E-state index is 0. The van der Waals surface area contributed by atoms with Gasteiger partial charge in [-0.1, -0.05) is 0 Å². The molecule has 0 aliphatic heterocycles. The zero-order valence-corrected chi connectivity index (χ0v) is 7.62. The van der Waals surface area contributed by atoms with Crippen LogP contribution in [0.4, 0.5) is 0 Å². The molecule has 0 heterocycles. The van der Waals surface area contributed by atoms with E-state index in [1.165, 1.54) is 0 Å². The van der Waals surface area contributed by atoms with E-state index in [-0.39, 0.29) is 25.8 Å². The van der Waals surface area contributed by atoms with Gasteiger partial charge in [0.15, 0.2) is 0 Å². The molecular weight excluding hydrogens is 299 g/mol. The maximum atomic E-state index is 9.64. The van der Waals surface area contributed by atoms with Gasteiger partial charge in [0.25, 0.3) is 0 Å². The predicted octanol–water partition coefficient (Wildman–Crippen LogP) is -0.984. The van der Waals surface area contributed by atoms with Gasteiger partial charge in [-0.15, -0.1) is 0 Å². The Morgan fingerprint density at radius 1 is 1.00 bits per heavy atom. The van der Waals surface area contributed by atoms with Gasteiger partial charge in [-0.2, -0.15) is 10.5 Å². The third-order valence-electron chi connectivity index (χ3n) is 0.332. The van der Waals surface area contributed by atoms with Crippen LogP contribution in [-0.4, -0.2) is 22.5 Å². The van der Waals surface area contributed by atoms with E-state index in [2.05, 4.69) is 9.78 Å². The summed E-state index contributed by atoms with van der Waals surface area (Å²) < 4.78 is 0. The molecule has 0 rings (SSSR count). The number of hydrogen-bond acceptors (Lipinski definition) is 6. The van der Waals surface area contributed by atoms with E-state index < -0.39 is 11.9 Å². The smallest absolute Gasteiger partial charge is 0.288 e. The van der Waals surface area contributed by atoms with Gasteiger partial charge in [0, 0.05) is 25.8 Å². The first-order valence-corrected chi connectivity index (χ1v) is 1.43. The Morgan fingerprint density at radius 2 is 1.22 bits per heavy atom. The van der Waals surface area contributed by atoms with Crippen LogP contribution in [0.1, 0.15) is 0 Å². The monoisotopic (exact) mass is 302 g/mol. The molecule has 0 aromatic carbocycles. The molecular formula is C2H2HfO6. The van der Waals surface area contributed by atoms with E-state index in [1.807, 2.05) is 0 Å². The first-order valence-electron chi connectivity index (χ1n) is 1.43. The van der Waals surface area contributed by atoms with Crippen LogP contribution < -0.4 is 0 Å². The number of carbonyl (C=O) groups excluding carboxylic acids is 2. The van der Waals surface area contributed by atoms with Gasteiger partial charge in [-0.3, -0.25) is 9.78 Å². The van der Waals surface area contributed by atoms with Crippen LogP contribution in [0.15, 0.2) is 0 Å². The fourth-order valence-electron chi connectivity index (χ4n) is 0.0745. The Balaban J connectivity index is 0. The average molecular weight is 301 g/mol. The molecule has 0 atom stereocenters. The molecule has 0 aromatic heterocycles. The first kappa shape index (κ1) is 11.5. The van der Waals surface area contributed by atoms with Crippen LogP contribution in [0.5, 0.6) is 0 Å². The second-order valence-corrected chi connectivity index (χ2v) is 0.757. The van der Waals surface area contributed by atoms with Gasteiger partial charge in [0.05, 0.1) is 0 Å². The standard InChI is InChI=1S/C2H2O6.Hf/c3-1(7-5)2(4)8-6;/h5-6H;. The number of rotatable bonds is 0. The molecule has 0 aliphatic carbocycles.